The van der Waals surface area contributed by atoms with E-state index in [1.165, 1.54) is 6.42 Å². The van der Waals surface area contributed by atoms with E-state index in [-0.39, 0.29) is 11.9 Å². The number of piperidine rings is 1. The summed E-state index contributed by atoms with van der Waals surface area (Å²) >= 11 is 0. The minimum Gasteiger partial charge on any atom is -0.327 e. The van der Waals surface area contributed by atoms with Crippen LogP contribution in [0.3, 0.4) is 0 Å². The van der Waals surface area contributed by atoms with Gasteiger partial charge in [-0.1, -0.05) is 18.6 Å². The summed E-state index contributed by atoms with van der Waals surface area (Å²) in [6.07, 6.45) is 3.45. The molecule has 0 bridgehead atoms. The molecule has 0 aliphatic carbocycles. The summed E-state index contributed by atoms with van der Waals surface area (Å²) in [5.41, 5.74) is 9.22. The molecular formula is C17H27N3O. The van der Waals surface area contributed by atoms with Crippen LogP contribution in [-0.2, 0) is 4.79 Å². The summed E-state index contributed by atoms with van der Waals surface area (Å²) < 4.78 is 0. The lowest BCUT2D eigenvalue weighted by atomic mass is 9.97. The van der Waals surface area contributed by atoms with Crippen molar-refractivity contribution >= 4 is 11.6 Å². The summed E-state index contributed by atoms with van der Waals surface area (Å²) in [5.74, 6) is 0.0521. The van der Waals surface area contributed by atoms with E-state index in [9.17, 15) is 4.79 Å². The molecule has 0 saturated carbocycles. The van der Waals surface area contributed by atoms with Gasteiger partial charge in [0, 0.05) is 17.8 Å². The maximum Gasteiger partial charge on any atom is 0.238 e. The molecule has 1 saturated heterocycles. The van der Waals surface area contributed by atoms with Crippen molar-refractivity contribution in [3.63, 3.8) is 0 Å². The Kier molecular flexibility index (Phi) is 5.37. The van der Waals surface area contributed by atoms with Crippen LogP contribution in [0.25, 0.3) is 0 Å². The van der Waals surface area contributed by atoms with Gasteiger partial charge in [0.15, 0.2) is 0 Å². The number of rotatable bonds is 4. The molecule has 4 heteroatoms. The molecular weight excluding hydrogens is 262 g/mol. The van der Waals surface area contributed by atoms with Gasteiger partial charge in [0.25, 0.3) is 0 Å². The fraction of sp³-hybridized carbons (Fsp3) is 0.588. The standard InChI is InChI=1S/C17H27N3O/c1-12-7-8-13(2)15(10-12)19-17(21)11-20-9-5-4-6-16(20)14(3)18/h7-8,10,14,16H,4-6,9,11,18H2,1-3H3,(H,19,21). The van der Waals surface area contributed by atoms with Gasteiger partial charge in [-0.05, 0) is 57.4 Å². The number of anilines is 1. The molecule has 0 spiro atoms. The third kappa shape index (κ3) is 4.29. The zero-order valence-electron chi connectivity index (χ0n) is 13.4. The molecule has 1 aromatic carbocycles. The van der Waals surface area contributed by atoms with Gasteiger partial charge in [0.05, 0.1) is 6.54 Å². The summed E-state index contributed by atoms with van der Waals surface area (Å²) in [6, 6.07) is 6.55. The monoisotopic (exact) mass is 289 g/mol. The summed E-state index contributed by atoms with van der Waals surface area (Å²) in [5, 5.41) is 3.04. The Hall–Kier alpha value is -1.39. The third-order valence-corrected chi connectivity index (χ3v) is 4.29. The molecule has 1 fully saturated rings. The molecule has 2 atom stereocenters. The van der Waals surface area contributed by atoms with Gasteiger partial charge < -0.3 is 11.1 Å². The summed E-state index contributed by atoms with van der Waals surface area (Å²) in [4.78, 5) is 14.5. The Morgan fingerprint density at radius 2 is 2.19 bits per heavy atom. The van der Waals surface area contributed by atoms with E-state index in [2.05, 4.69) is 16.3 Å². The van der Waals surface area contributed by atoms with Gasteiger partial charge >= 0.3 is 0 Å². The number of aryl methyl sites for hydroxylation is 2. The minimum atomic E-state index is 0.0521. The molecule has 1 aliphatic rings. The van der Waals surface area contributed by atoms with E-state index in [0.29, 0.717) is 12.6 Å². The van der Waals surface area contributed by atoms with Crippen LogP contribution in [0.4, 0.5) is 5.69 Å². The van der Waals surface area contributed by atoms with Crippen LogP contribution in [0.15, 0.2) is 18.2 Å². The number of amides is 1. The molecule has 2 rings (SSSR count). The number of hydrogen-bond donors (Lipinski definition) is 2. The highest BCUT2D eigenvalue weighted by Gasteiger charge is 2.26. The van der Waals surface area contributed by atoms with Crippen LogP contribution in [-0.4, -0.2) is 36.0 Å². The number of hydrogen-bond acceptors (Lipinski definition) is 3. The van der Waals surface area contributed by atoms with Crippen LogP contribution in [0, 0.1) is 13.8 Å². The number of nitrogens with one attached hydrogen (secondary N) is 1. The van der Waals surface area contributed by atoms with Crippen molar-refractivity contribution in [2.45, 2.75) is 52.1 Å². The first-order valence-electron chi connectivity index (χ1n) is 7.84. The number of benzene rings is 1. The number of nitrogens with two attached hydrogens (primary N) is 1. The number of nitrogens with zero attached hydrogens (tertiary/aromatic N) is 1. The quantitative estimate of drug-likeness (QED) is 0.895. The predicted octanol–water partition coefficient (Wildman–Crippen LogP) is 2.44. The maximum atomic E-state index is 12.3. The molecule has 3 N–H and O–H groups in total. The first kappa shape index (κ1) is 16.0. The van der Waals surface area contributed by atoms with Crippen LogP contribution in [0.2, 0.25) is 0 Å². The van der Waals surface area contributed by atoms with Crippen molar-refractivity contribution in [1.29, 1.82) is 0 Å². The lowest BCUT2D eigenvalue weighted by molar-refractivity contribution is -0.118. The maximum absolute atomic E-state index is 12.3. The number of likely N-dealkylation sites (tertiary alicyclic amines) is 1. The molecule has 1 aliphatic heterocycles. The summed E-state index contributed by atoms with van der Waals surface area (Å²) in [7, 11) is 0. The van der Waals surface area contributed by atoms with E-state index in [1.807, 2.05) is 32.9 Å². The van der Waals surface area contributed by atoms with Crippen LogP contribution in [0.5, 0.6) is 0 Å². The Balaban J connectivity index is 1.98. The highest BCUT2D eigenvalue weighted by molar-refractivity contribution is 5.93. The van der Waals surface area contributed by atoms with Gasteiger partial charge in [-0.2, -0.15) is 0 Å². The van der Waals surface area contributed by atoms with Gasteiger partial charge in [0.1, 0.15) is 0 Å². The second-order valence-electron chi connectivity index (χ2n) is 6.26. The smallest absolute Gasteiger partial charge is 0.238 e. The van der Waals surface area contributed by atoms with Gasteiger partial charge in [-0.25, -0.2) is 0 Å². The molecule has 4 nitrogen and oxygen atoms in total. The zero-order valence-corrected chi connectivity index (χ0v) is 13.4. The van der Waals surface area contributed by atoms with E-state index in [1.54, 1.807) is 0 Å². The average Bonchev–Trinajstić information content (AvgIpc) is 2.43. The SMILES string of the molecule is Cc1ccc(C)c(NC(=O)CN2CCCCC2C(C)N)c1. The van der Waals surface area contributed by atoms with E-state index >= 15 is 0 Å². The Bertz CT molecular complexity index is 499. The molecule has 1 amide bonds. The van der Waals surface area contributed by atoms with Crippen LogP contribution in [0.1, 0.15) is 37.3 Å². The average molecular weight is 289 g/mol. The molecule has 0 aromatic heterocycles. The highest BCUT2D eigenvalue weighted by Crippen LogP contribution is 2.20. The minimum absolute atomic E-state index is 0.0521. The normalized spacial score (nSPS) is 21.0. The number of carbonyl (C=O) groups is 1. The van der Waals surface area contributed by atoms with Gasteiger partial charge in [0.2, 0.25) is 5.91 Å². The van der Waals surface area contributed by atoms with E-state index in [4.69, 9.17) is 5.73 Å². The molecule has 2 unspecified atom stereocenters. The third-order valence-electron chi connectivity index (χ3n) is 4.29. The van der Waals surface area contributed by atoms with E-state index < -0.39 is 0 Å². The van der Waals surface area contributed by atoms with Crippen molar-refractivity contribution in [3.05, 3.63) is 29.3 Å². The van der Waals surface area contributed by atoms with Crippen molar-refractivity contribution in [3.8, 4) is 0 Å². The second kappa shape index (κ2) is 7.05. The first-order valence-corrected chi connectivity index (χ1v) is 7.84. The van der Waals surface area contributed by atoms with Crippen LogP contribution < -0.4 is 11.1 Å². The van der Waals surface area contributed by atoms with Crippen molar-refractivity contribution in [1.82, 2.24) is 4.90 Å². The first-order chi connectivity index (χ1) is 9.97. The number of carbonyl (C=O) groups excluding carboxylic acids is 1. The topological polar surface area (TPSA) is 58.4 Å². The Morgan fingerprint density at radius 3 is 2.90 bits per heavy atom. The fourth-order valence-corrected chi connectivity index (χ4v) is 3.05. The highest BCUT2D eigenvalue weighted by atomic mass is 16.2. The fourth-order valence-electron chi connectivity index (χ4n) is 3.05. The van der Waals surface area contributed by atoms with E-state index in [0.717, 1.165) is 36.2 Å². The van der Waals surface area contributed by atoms with Crippen molar-refractivity contribution in [2.24, 2.45) is 5.73 Å². The largest absolute Gasteiger partial charge is 0.327 e. The summed E-state index contributed by atoms with van der Waals surface area (Å²) in [6.45, 7) is 7.48. The van der Waals surface area contributed by atoms with Gasteiger partial charge in [-0.15, -0.1) is 0 Å². The molecule has 21 heavy (non-hydrogen) atoms. The van der Waals surface area contributed by atoms with Gasteiger partial charge in [-0.3, -0.25) is 9.69 Å². The van der Waals surface area contributed by atoms with Crippen molar-refractivity contribution in [2.75, 3.05) is 18.4 Å². The Morgan fingerprint density at radius 1 is 1.43 bits per heavy atom. The van der Waals surface area contributed by atoms with Crippen LogP contribution >= 0.6 is 0 Å². The molecule has 116 valence electrons. The molecule has 1 heterocycles. The zero-order chi connectivity index (χ0) is 15.4. The van der Waals surface area contributed by atoms with Crippen molar-refractivity contribution < 1.29 is 4.79 Å². The Labute approximate surface area is 127 Å². The molecule has 0 radical (unpaired) electrons. The lowest BCUT2D eigenvalue weighted by Crippen LogP contribution is -2.51. The second-order valence-corrected chi connectivity index (χ2v) is 6.26. The predicted molar refractivity (Wildman–Crippen MR) is 87.4 cm³/mol. The molecule has 1 aromatic rings. The lowest BCUT2D eigenvalue weighted by Gasteiger charge is -2.37.